The summed E-state index contributed by atoms with van der Waals surface area (Å²) in [6.45, 7) is 10.6. The smallest absolute Gasteiger partial charge is 0.261 e. The maximum atomic E-state index is 13.3. The molecule has 180 valence electrons. The maximum absolute atomic E-state index is 13.3. The number of carbonyl (C=O) groups is 2. The van der Waals surface area contributed by atoms with E-state index in [0.717, 1.165) is 15.6 Å². The highest BCUT2D eigenvalue weighted by atomic mass is 79.9. The number of hydrogen-bond acceptors (Lipinski definition) is 3. The van der Waals surface area contributed by atoms with Gasteiger partial charge in [-0.15, -0.1) is 0 Å². The lowest BCUT2D eigenvalue weighted by molar-refractivity contribution is -0.142. The van der Waals surface area contributed by atoms with Crippen molar-refractivity contribution >= 4 is 50.9 Å². The van der Waals surface area contributed by atoms with Gasteiger partial charge in [-0.25, -0.2) is 0 Å². The first-order valence-corrected chi connectivity index (χ1v) is 12.5. The third-order valence-corrected chi connectivity index (χ3v) is 6.58. The highest BCUT2D eigenvalue weighted by Crippen LogP contribution is 2.31. The molecule has 0 heterocycles. The SMILES string of the molecule is CCNC(=O)[C@H](CC)N(Cc1ccc(Cl)c(Cl)c1)C(=O)COc1ccc(C(C)(C)C)cc1Br. The predicted molar refractivity (Wildman–Crippen MR) is 138 cm³/mol. The summed E-state index contributed by atoms with van der Waals surface area (Å²) in [6.07, 6.45) is 0.461. The molecule has 2 amide bonds. The number of nitrogens with one attached hydrogen (secondary N) is 1. The number of carbonyl (C=O) groups excluding carboxylic acids is 2. The Morgan fingerprint density at radius 1 is 1.09 bits per heavy atom. The van der Waals surface area contributed by atoms with Crippen molar-refractivity contribution in [3.05, 3.63) is 62.0 Å². The van der Waals surface area contributed by atoms with Crippen LogP contribution in [0.5, 0.6) is 5.75 Å². The van der Waals surface area contributed by atoms with Gasteiger partial charge in [-0.05, 0) is 70.1 Å². The molecule has 0 aliphatic heterocycles. The molecule has 0 aliphatic carbocycles. The van der Waals surface area contributed by atoms with Gasteiger partial charge in [-0.1, -0.05) is 63.0 Å². The molecule has 0 bridgehead atoms. The quantitative estimate of drug-likeness (QED) is 0.389. The van der Waals surface area contributed by atoms with E-state index >= 15 is 0 Å². The molecule has 8 heteroatoms. The van der Waals surface area contributed by atoms with Gasteiger partial charge < -0.3 is 15.0 Å². The van der Waals surface area contributed by atoms with Crippen molar-refractivity contribution in [2.75, 3.05) is 13.2 Å². The van der Waals surface area contributed by atoms with Crippen LogP contribution in [0, 0.1) is 0 Å². The summed E-state index contributed by atoms with van der Waals surface area (Å²) in [5, 5.41) is 3.64. The largest absolute Gasteiger partial charge is 0.483 e. The van der Waals surface area contributed by atoms with Gasteiger partial charge in [0.15, 0.2) is 6.61 Å². The molecule has 1 N–H and O–H groups in total. The Morgan fingerprint density at radius 3 is 2.33 bits per heavy atom. The zero-order chi connectivity index (χ0) is 24.8. The van der Waals surface area contributed by atoms with Crippen LogP contribution in [0.3, 0.4) is 0 Å². The number of ether oxygens (including phenoxy) is 1. The van der Waals surface area contributed by atoms with Crippen molar-refractivity contribution in [2.24, 2.45) is 0 Å². The normalized spacial score (nSPS) is 12.2. The van der Waals surface area contributed by atoms with E-state index in [9.17, 15) is 9.59 Å². The van der Waals surface area contributed by atoms with Crippen LogP contribution in [0.2, 0.25) is 10.0 Å². The molecule has 0 saturated carbocycles. The van der Waals surface area contributed by atoms with Crippen molar-refractivity contribution in [3.63, 3.8) is 0 Å². The Hall–Kier alpha value is -1.76. The van der Waals surface area contributed by atoms with Gasteiger partial charge in [0.25, 0.3) is 5.91 Å². The van der Waals surface area contributed by atoms with Crippen molar-refractivity contribution in [3.8, 4) is 5.75 Å². The molecule has 2 rings (SSSR count). The van der Waals surface area contributed by atoms with Crippen molar-refractivity contribution < 1.29 is 14.3 Å². The minimum atomic E-state index is -0.637. The second kappa shape index (κ2) is 12.1. The van der Waals surface area contributed by atoms with Crippen molar-refractivity contribution in [2.45, 2.75) is 59.0 Å². The highest BCUT2D eigenvalue weighted by molar-refractivity contribution is 9.10. The number of rotatable bonds is 9. The molecule has 0 unspecified atom stereocenters. The van der Waals surface area contributed by atoms with Gasteiger partial charge in [0, 0.05) is 13.1 Å². The average Bonchev–Trinajstić information content (AvgIpc) is 2.74. The first kappa shape index (κ1) is 27.5. The van der Waals surface area contributed by atoms with Crippen LogP contribution in [0.4, 0.5) is 0 Å². The molecule has 0 aromatic heterocycles. The summed E-state index contributed by atoms with van der Waals surface area (Å²) < 4.78 is 6.62. The van der Waals surface area contributed by atoms with Gasteiger partial charge in [-0.2, -0.15) is 0 Å². The second-order valence-corrected chi connectivity index (χ2v) is 10.4. The van der Waals surface area contributed by atoms with Crippen molar-refractivity contribution in [1.29, 1.82) is 0 Å². The Kier molecular flexibility index (Phi) is 10.1. The van der Waals surface area contributed by atoms with E-state index < -0.39 is 6.04 Å². The molecule has 2 aromatic carbocycles. The van der Waals surface area contributed by atoms with E-state index in [2.05, 4.69) is 42.0 Å². The minimum absolute atomic E-state index is 0.00545. The third-order valence-electron chi connectivity index (χ3n) is 5.22. The molecular weight excluding hydrogens is 527 g/mol. The molecule has 0 saturated heterocycles. The zero-order valence-corrected chi connectivity index (χ0v) is 22.8. The van der Waals surface area contributed by atoms with E-state index in [1.165, 1.54) is 4.90 Å². The maximum Gasteiger partial charge on any atom is 0.261 e. The number of amides is 2. The van der Waals surface area contributed by atoms with E-state index in [4.69, 9.17) is 27.9 Å². The van der Waals surface area contributed by atoms with Gasteiger partial charge >= 0.3 is 0 Å². The Bertz CT molecular complexity index is 992. The Morgan fingerprint density at radius 2 is 1.79 bits per heavy atom. The van der Waals surface area contributed by atoms with Gasteiger partial charge in [0.2, 0.25) is 5.91 Å². The minimum Gasteiger partial charge on any atom is -0.483 e. The fraction of sp³-hybridized carbons (Fsp3) is 0.440. The highest BCUT2D eigenvalue weighted by Gasteiger charge is 2.29. The molecule has 2 aromatic rings. The van der Waals surface area contributed by atoms with Crippen LogP contribution >= 0.6 is 39.1 Å². The monoisotopic (exact) mass is 556 g/mol. The summed E-state index contributed by atoms with van der Waals surface area (Å²) in [5.41, 5.74) is 1.92. The summed E-state index contributed by atoms with van der Waals surface area (Å²) in [5.74, 6) is 0.0620. The van der Waals surface area contributed by atoms with Crippen LogP contribution in [0.25, 0.3) is 0 Å². The van der Waals surface area contributed by atoms with Gasteiger partial charge in [0.1, 0.15) is 11.8 Å². The molecule has 0 fully saturated rings. The zero-order valence-electron chi connectivity index (χ0n) is 19.7. The fourth-order valence-corrected chi connectivity index (χ4v) is 4.17. The van der Waals surface area contributed by atoms with Crippen LogP contribution < -0.4 is 10.1 Å². The van der Waals surface area contributed by atoms with E-state index in [-0.39, 0.29) is 30.4 Å². The first-order valence-electron chi connectivity index (χ1n) is 10.9. The topological polar surface area (TPSA) is 58.6 Å². The van der Waals surface area contributed by atoms with E-state index in [1.54, 1.807) is 18.2 Å². The lowest BCUT2D eigenvalue weighted by atomic mass is 9.87. The molecule has 0 radical (unpaired) electrons. The lowest BCUT2D eigenvalue weighted by Gasteiger charge is -2.30. The second-order valence-electron chi connectivity index (χ2n) is 8.77. The van der Waals surface area contributed by atoms with Crippen LogP contribution in [0.15, 0.2) is 40.9 Å². The predicted octanol–water partition coefficient (Wildman–Crippen LogP) is 6.38. The molecule has 1 atom stereocenters. The lowest BCUT2D eigenvalue weighted by Crippen LogP contribution is -2.50. The van der Waals surface area contributed by atoms with Crippen molar-refractivity contribution in [1.82, 2.24) is 10.2 Å². The number of halogens is 3. The van der Waals surface area contributed by atoms with E-state index in [1.807, 2.05) is 32.0 Å². The Balaban J connectivity index is 2.25. The molecule has 0 spiro atoms. The summed E-state index contributed by atoms with van der Waals surface area (Å²) in [6, 6.07) is 10.4. The average molecular weight is 558 g/mol. The van der Waals surface area contributed by atoms with Crippen LogP contribution in [-0.2, 0) is 21.5 Å². The molecular formula is C25H31BrCl2N2O3. The van der Waals surface area contributed by atoms with Gasteiger partial charge in [0.05, 0.1) is 14.5 Å². The summed E-state index contributed by atoms with van der Waals surface area (Å²) in [4.78, 5) is 27.5. The Labute approximate surface area is 214 Å². The molecule has 33 heavy (non-hydrogen) atoms. The third kappa shape index (κ3) is 7.62. The number of likely N-dealkylation sites (N-methyl/N-ethyl adjacent to an activating group) is 1. The molecule has 0 aliphatic rings. The first-order chi connectivity index (χ1) is 15.5. The standard InChI is InChI=1S/C25H31BrCl2N2O3/c1-6-21(24(32)29-7-2)30(14-16-8-10-19(27)20(28)12-16)23(31)15-33-22-11-9-17(13-18(22)26)25(3,4)5/h8-13,21H,6-7,14-15H2,1-5H3,(H,29,32)/t21-/m0/s1. The number of hydrogen-bond donors (Lipinski definition) is 1. The molecule has 5 nitrogen and oxygen atoms in total. The van der Waals surface area contributed by atoms with Gasteiger partial charge in [-0.3, -0.25) is 9.59 Å². The summed E-state index contributed by atoms with van der Waals surface area (Å²) >= 11 is 15.7. The number of nitrogens with zero attached hydrogens (tertiary/aromatic N) is 1. The number of benzene rings is 2. The summed E-state index contributed by atoms with van der Waals surface area (Å²) in [7, 11) is 0. The van der Waals surface area contributed by atoms with Crippen LogP contribution in [0.1, 0.15) is 52.2 Å². The van der Waals surface area contributed by atoms with E-state index in [0.29, 0.717) is 28.8 Å². The fourth-order valence-electron chi connectivity index (χ4n) is 3.35. The van der Waals surface area contributed by atoms with Crippen LogP contribution in [-0.4, -0.2) is 35.9 Å².